The van der Waals surface area contributed by atoms with Crippen molar-refractivity contribution in [2.75, 3.05) is 13.1 Å². The zero-order valence-electron chi connectivity index (χ0n) is 13.7. The highest BCUT2D eigenvalue weighted by atomic mass is 16.2. The summed E-state index contributed by atoms with van der Waals surface area (Å²) in [6.07, 6.45) is 9.74. The number of hydrogen-bond donors (Lipinski definition) is 2. The van der Waals surface area contributed by atoms with Crippen molar-refractivity contribution in [1.82, 2.24) is 15.5 Å². The Balaban J connectivity index is 1.47. The summed E-state index contributed by atoms with van der Waals surface area (Å²) in [6, 6.07) is -0.450. The van der Waals surface area contributed by atoms with E-state index in [0.717, 1.165) is 37.0 Å². The number of amides is 4. The summed E-state index contributed by atoms with van der Waals surface area (Å²) in [4.78, 5) is 37.5. The van der Waals surface area contributed by atoms with E-state index in [-0.39, 0.29) is 24.3 Å². The Morgan fingerprint density at radius 2 is 2.17 bits per heavy atom. The van der Waals surface area contributed by atoms with E-state index in [9.17, 15) is 14.4 Å². The normalized spacial score (nSPS) is 27.7. The van der Waals surface area contributed by atoms with E-state index in [4.69, 9.17) is 0 Å². The van der Waals surface area contributed by atoms with Crippen molar-refractivity contribution < 1.29 is 14.4 Å². The molecular weight excluding hydrogens is 294 g/mol. The van der Waals surface area contributed by atoms with E-state index in [1.54, 1.807) is 6.92 Å². The second-order valence-electron chi connectivity index (χ2n) is 7.01. The highest BCUT2D eigenvalue weighted by Crippen LogP contribution is 2.42. The molecule has 6 heteroatoms. The predicted octanol–water partition coefficient (Wildman–Crippen LogP) is 1.71. The fourth-order valence-electron chi connectivity index (χ4n) is 3.49. The smallest absolute Gasteiger partial charge is 0.325 e. The molecule has 6 nitrogen and oxygen atoms in total. The second-order valence-corrected chi connectivity index (χ2v) is 7.01. The lowest BCUT2D eigenvalue weighted by atomic mass is 9.96. The van der Waals surface area contributed by atoms with Gasteiger partial charge in [-0.05, 0) is 57.8 Å². The lowest BCUT2D eigenvalue weighted by molar-refractivity contribution is -0.135. The third kappa shape index (κ3) is 3.41. The van der Waals surface area contributed by atoms with Crippen molar-refractivity contribution in [2.45, 2.75) is 57.4 Å². The Hall–Kier alpha value is -1.85. The number of imide groups is 1. The van der Waals surface area contributed by atoms with Gasteiger partial charge in [0.15, 0.2) is 0 Å². The number of nitrogens with zero attached hydrogens (tertiary/aromatic N) is 1. The van der Waals surface area contributed by atoms with Crippen molar-refractivity contribution >= 4 is 17.8 Å². The molecule has 0 radical (unpaired) electrons. The van der Waals surface area contributed by atoms with Crippen molar-refractivity contribution in [3.8, 4) is 0 Å². The molecule has 0 aromatic carbocycles. The molecular formula is C17H25N3O3. The average Bonchev–Trinajstić information content (AvgIpc) is 3.35. The molecule has 1 heterocycles. The SMILES string of the molecule is C[C@@]1(C2CC2)NC(=O)N(CC(=O)NCCC2=CCCCC2)C1=O. The molecule has 1 aliphatic heterocycles. The fourth-order valence-corrected chi connectivity index (χ4v) is 3.49. The first-order valence-electron chi connectivity index (χ1n) is 8.59. The van der Waals surface area contributed by atoms with Gasteiger partial charge < -0.3 is 10.6 Å². The summed E-state index contributed by atoms with van der Waals surface area (Å²) in [6.45, 7) is 2.14. The second kappa shape index (κ2) is 6.34. The highest BCUT2D eigenvalue weighted by Gasteiger charge is 2.56. The minimum absolute atomic E-state index is 0.188. The molecule has 2 fully saturated rings. The molecule has 2 N–H and O–H groups in total. The van der Waals surface area contributed by atoms with Crippen LogP contribution in [0.3, 0.4) is 0 Å². The van der Waals surface area contributed by atoms with Crippen LogP contribution in [0.1, 0.15) is 51.9 Å². The van der Waals surface area contributed by atoms with Crippen LogP contribution >= 0.6 is 0 Å². The van der Waals surface area contributed by atoms with Crippen LogP contribution < -0.4 is 10.6 Å². The van der Waals surface area contributed by atoms with Crippen molar-refractivity contribution in [3.05, 3.63) is 11.6 Å². The number of hydrogen-bond acceptors (Lipinski definition) is 3. The molecule has 3 aliphatic rings. The van der Waals surface area contributed by atoms with E-state index >= 15 is 0 Å². The first kappa shape index (κ1) is 16.0. The maximum absolute atomic E-state index is 12.4. The van der Waals surface area contributed by atoms with E-state index in [1.807, 2.05) is 0 Å². The predicted molar refractivity (Wildman–Crippen MR) is 85.6 cm³/mol. The summed E-state index contributed by atoms with van der Waals surface area (Å²) >= 11 is 0. The largest absolute Gasteiger partial charge is 0.354 e. The molecule has 3 rings (SSSR count). The molecule has 1 saturated heterocycles. The standard InChI is InChI=1S/C17H25N3O3/c1-17(13-7-8-13)15(22)20(16(23)19-17)11-14(21)18-10-9-12-5-3-2-4-6-12/h5,13H,2-4,6-11H2,1H3,(H,18,21)(H,19,23)/t17-/m0/s1. The minimum atomic E-state index is -0.815. The van der Waals surface area contributed by atoms with Crippen LogP contribution in [0, 0.1) is 5.92 Å². The van der Waals surface area contributed by atoms with Gasteiger partial charge in [0, 0.05) is 6.54 Å². The average molecular weight is 319 g/mol. The summed E-state index contributed by atoms with van der Waals surface area (Å²) in [5.74, 6) is -0.328. The lowest BCUT2D eigenvalue weighted by Crippen LogP contribution is -2.47. The van der Waals surface area contributed by atoms with Gasteiger partial charge in [-0.3, -0.25) is 14.5 Å². The Kier molecular flexibility index (Phi) is 4.41. The number of urea groups is 1. The van der Waals surface area contributed by atoms with E-state index < -0.39 is 11.6 Å². The van der Waals surface area contributed by atoms with Crippen molar-refractivity contribution in [2.24, 2.45) is 5.92 Å². The summed E-state index contributed by atoms with van der Waals surface area (Å²) in [7, 11) is 0. The molecule has 23 heavy (non-hydrogen) atoms. The van der Waals surface area contributed by atoms with Crippen molar-refractivity contribution in [1.29, 1.82) is 0 Å². The summed E-state index contributed by atoms with van der Waals surface area (Å²) < 4.78 is 0. The Labute approximate surface area is 136 Å². The lowest BCUT2D eigenvalue weighted by Gasteiger charge is -2.20. The molecule has 0 aromatic heterocycles. The molecule has 0 unspecified atom stereocenters. The van der Waals surface area contributed by atoms with Gasteiger partial charge in [-0.25, -0.2) is 4.79 Å². The van der Waals surface area contributed by atoms with Crippen LogP contribution in [0.2, 0.25) is 0 Å². The van der Waals surface area contributed by atoms with E-state index in [0.29, 0.717) is 6.54 Å². The van der Waals surface area contributed by atoms with Gasteiger partial charge in [0.1, 0.15) is 12.1 Å². The Morgan fingerprint density at radius 3 is 2.83 bits per heavy atom. The van der Waals surface area contributed by atoms with Crippen LogP contribution in [-0.2, 0) is 9.59 Å². The zero-order chi connectivity index (χ0) is 16.4. The molecule has 1 atom stereocenters. The molecule has 126 valence electrons. The molecule has 0 aromatic rings. The van der Waals surface area contributed by atoms with Gasteiger partial charge >= 0.3 is 6.03 Å². The summed E-state index contributed by atoms with van der Waals surface area (Å²) in [5, 5.41) is 5.57. The van der Waals surface area contributed by atoms with Gasteiger partial charge in [0.05, 0.1) is 0 Å². The van der Waals surface area contributed by atoms with Gasteiger partial charge in [-0.15, -0.1) is 0 Å². The molecule has 4 amide bonds. The zero-order valence-corrected chi connectivity index (χ0v) is 13.7. The van der Waals surface area contributed by atoms with Gasteiger partial charge in [-0.1, -0.05) is 11.6 Å². The molecule has 1 saturated carbocycles. The van der Waals surface area contributed by atoms with Gasteiger partial charge in [0.25, 0.3) is 5.91 Å². The quantitative estimate of drug-likeness (QED) is 0.578. The van der Waals surface area contributed by atoms with E-state index in [1.165, 1.54) is 18.4 Å². The topological polar surface area (TPSA) is 78.5 Å². The fraction of sp³-hybridized carbons (Fsp3) is 0.706. The number of carbonyl (C=O) groups is 3. The summed E-state index contributed by atoms with van der Waals surface area (Å²) in [5.41, 5.74) is 0.581. The van der Waals surface area contributed by atoms with Crippen LogP contribution in [0.25, 0.3) is 0 Å². The third-order valence-corrected chi connectivity index (χ3v) is 5.15. The maximum atomic E-state index is 12.4. The van der Waals surface area contributed by atoms with Crippen LogP contribution in [-0.4, -0.2) is 41.4 Å². The first-order valence-corrected chi connectivity index (χ1v) is 8.59. The van der Waals surface area contributed by atoms with E-state index in [2.05, 4.69) is 16.7 Å². The first-order chi connectivity index (χ1) is 11.0. The molecule has 0 spiro atoms. The van der Waals surface area contributed by atoms with Crippen LogP contribution in [0.15, 0.2) is 11.6 Å². The minimum Gasteiger partial charge on any atom is -0.354 e. The van der Waals surface area contributed by atoms with Crippen LogP contribution in [0.4, 0.5) is 4.79 Å². The number of carbonyl (C=O) groups excluding carboxylic acids is 3. The number of nitrogens with one attached hydrogen (secondary N) is 2. The molecule has 2 aliphatic carbocycles. The highest BCUT2D eigenvalue weighted by molar-refractivity contribution is 6.09. The number of rotatable bonds is 6. The van der Waals surface area contributed by atoms with Gasteiger partial charge in [0.2, 0.25) is 5.91 Å². The van der Waals surface area contributed by atoms with Crippen LogP contribution in [0.5, 0.6) is 0 Å². The van der Waals surface area contributed by atoms with Gasteiger partial charge in [-0.2, -0.15) is 0 Å². The third-order valence-electron chi connectivity index (χ3n) is 5.15. The maximum Gasteiger partial charge on any atom is 0.325 e. The monoisotopic (exact) mass is 319 g/mol. The Morgan fingerprint density at radius 1 is 1.39 bits per heavy atom. The Bertz CT molecular complexity index is 553. The number of allylic oxidation sites excluding steroid dienone is 1. The molecule has 0 bridgehead atoms. The van der Waals surface area contributed by atoms with Crippen molar-refractivity contribution in [3.63, 3.8) is 0 Å².